The average Bonchev–Trinajstić information content (AvgIpc) is 2.59. The van der Waals surface area contributed by atoms with E-state index in [0.717, 1.165) is 12.1 Å². The molecule has 0 saturated heterocycles. The van der Waals surface area contributed by atoms with Gasteiger partial charge in [-0.1, -0.05) is 18.2 Å². The Hall–Kier alpha value is -3.03. The lowest BCUT2D eigenvalue weighted by molar-refractivity contribution is -0.189. The monoisotopic (exact) mass is 354 g/mol. The largest absolute Gasteiger partial charge is 0.491 e. The van der Waals surface area contributed by atoms with Crippen LogP contribution in [0.1, 0.15) is 10.4 Å². The summed E-state index contributed by atoms with van der Waals surface area (Å²) in [5.41, 5.74) is 0.103. The number of alkyl halides is 3. The predicted octanol–water partition coefficient (Wildman–Crippen LogP) is 3.39. The minimum atomic E-state index is -5.09. The number of ether oxygens (including phenoxy) is 3. The topological polar surface area (TPSA) is 61.8 Å². The molecule has 0 spiro atoms. The van der Waals surface area contributed by atoms with Crippen molar-refractivity contribution in [2.45, 2.75) is 6.18 Å². The van der Waals surface area contributed by atoms with Crippen LogP contribution in [0, 0.1) is 0 Å². The van der Waals surface area contributed by atoms with Crippen LogP contribution in [0.25, 0.3) is 0 Å². The lowest BCUT2D eigenvalue weighted by atomic mass is 10.2. The van der Waals surface area contributed by atoms with Crippen LogP contribution in [0.4, 0.5) is 13.2 Å². The Labute approximate surface area is 140 Å². The average molecular weight is 354 g/mol. The molecule has 8 heteroatoms. The summed E-state index contributed by atoms with van der Waals surface area (Å²) in [6.07, 6.45) is -5.09. The maximum Gasteiger partial charge on any atom is 0.491 e. The summed E-state index contributed by atoms with van der Waals surface area (Å²) in [6, 6.07) is 13.5. The van der Waals surface area contributed by atoms with Gasteiger partial charge in [0.05, 0.1) is 5.56 Å². The smallest absolute Gasteiger partial charge is 0.490 e. The molecule has 0 radical (unpaired) electrons. The van der Waals surface area contributed by atoms with E-state index in [-0.39, 0.29) is 24.5 Å². The van der Waals surface area contributed by atoms with Gasteiger partial charge < -0.3 is 14.2 Å². The van der Waals surface area contributed by atoms with Crippen LogP contribution >= 0.6 is 0 Å². The molecule has 0 amide bonds. The van der Waals surface area contributed by atoms with Crippen LogP contribution in [0.5, 0.6) is 11.5 Å². The Morgan fingerprint density at radius 3 is 2.08 bits per heavy atom. The number of esters is 2. The maximum atomic E-state index is 12.1. The molecule has 25 heavy (non-hydrogen) atoms. The fourth-order valence-electron chi connectivity index (χ4n) is 1.72. The first-order valence-electron chi connectivity index (χ1n) is 7.10. The van der Waals surface area contributed by atoms with Gasteiger partial charge in [-0.3, -0.25) is 0 Å². The third-order valence-electron chi connectivity index (χ3n) is 2.86. The van der Waals surface area contributed by atoms with E-state index in [1.165, 1.54) is 12.1 Å². The van der Waals surface area contributed by atoms with Crippen LogP contribution in [-0.4, -0.2) is 31.3 Å². The number of hydrogen-bond donors (Lipinski definition) is 0. The standard InChI is InChI=1S/C17H13F3O5/c18-17(19,20)16(22)25-14-8-6-12(7-9-14)15(21)24-11-10-23-13-4-2-1-3-5-13/h1-9H,10-11H2. The Bertz CT molecular complexity index is 711. The van der Waals surface area contributed by atoms with E-state index in [2.05, 4.69) is 4.74 Å². The Balaban J connectivity index is 1.79. The van der Waals surface area contributed by atoms with Gasteiger partial charge in [0.1, 0.15) is 24.7 Å². The molecule has 2 aromatic rings. The van der Waals surface area contributed by atoms with E-state index in [1.54, 1.807) is 24.3 Å². The van der Waals surface area contributed by atoms with Gasteiger partial charge in [0.25, 0.3) is 0 Å². The fraction of sp³-hybridized carbons (Fsp3) is 0.176. The SMILES string of the molecule is O=C(OCCOc1ccccc1)c1ccc(OC(=O)C(F)(F)F)cc1. The Morgan fingerprint density at radius 2 is 1.48 bits per heavy atom. The Kier molecular flexibility index (Phi) is 5.99. The van der Waals surface area contributed by atoms with Crippen molar-refractivity contribution < 1.29 is 37.0 Å². The summed E-state index contributed by atoms with van der Waals surface area (Å²) in [4.78, 5) is 22.5. The number of hydrogen-bond acceptors (Lipinski definition) is 5. The lowest BCUT2D eigenvalue weighted by Crippen LogP contribution is -2.27. The zero-order chi connectivity index (χ0) is 18.3. The van der Waals surface area contributed by atoms with E-state index in [0.29, 0.717) is 5.75 Å². The maximum absolute atomic E-state index is 12.1. The molecular formula is C17H13F3O5. The molecule has 2 rings (SSSR count). The van der Waals surface area contributed by atoms with Crippen LogP contribution in [0.2, 0.25) is 0 Å². The second-order valence-corrected chi connectivity index (χ2v) is 4.71. The number of para-hydroxylation sites is 1. The van der Waals surface area contributed by atoms with Crippen molar-refractivity contribution in [3.63, 3.8) is 0 Å². The van der Waals surface area contributed by atoms with Gasteiger partial charge in [0.2, 0.25) is 0 Å². The third-order valence-corrected chi connectivity index (χ3v) is 2.86. The third kappa shape index (κ3) is 5.83. The molecule has 0 aliphatic heterocycles. The van der Waals surface area contributed by atoms with E-state index in [1.807, 2.05) is 6.07 Å². The van der Waals surface area contributed by atoms with Gasteiger partial charge in [0, 0.05) is 0 Å². The summed E-state index contributed by atoms with van der Waals surface area (Å²) in [5, 5.41) is 0. The van der Waals surface area contributed by atoms with Crippen molar-refractivity contribution in [1.82, 2.24) is 0 Å². The normalized spacial score (nSPS) is 10.8. The summed E-state index contributed by atoms with van der Waals surface area (Å²) in [6.45, 7) is 0.148. The molecule has 0 aromatic heterocycles. The Morgan fingerprint density at radius 1 is 0.840 bits per heavy atom. The molecule has 0 N–H and O–H groups in total. The van der Waals surface area contributed by atoms with Gasteiger partial charge in [-0.05, 0) is 36.4 Å². The molecule has 0 unspecified atom stereocenters. The van der Waals surface area contributed by atoms with Gasteiger partial charge in [-0.2, -0.15) is 13.2 Å². The van der Waals surface area contributed by atoms with Crippen molar-refractivity contribution in [2.24, 2.45) is 0 Å². The molecule has 0 heterocycles. The van der Waals surface area contributed by atoms with Crippen molar-refractivity contribution in [2.75, 3.05) is 13.2 Å². The number of carbonyl (C=O) groups excluding carboxylic acids is 2. The molecule has 2 aromatic carbocycles. The zero-order valence-electron chi connectivity index (χ0n) is 12.8. The van der Waals surface area contributed by atoms with Crippen LogP contribution in [-0.2, 0) is 9.53 Å². The van der Waals surface area contributed by atoms with Gasteiger partial charge in [-0.25, -0.2) is 9.59 Å². The minimum absolute atomic E-state index is 0.00145. The fourth-order valence-corrected chi connectivity index (χ4v) is 1.72. The number of benzene rings is 2. The highest BCUT2D eigenvalue weighted by molar-refractivity contribution is 5.89. The summed E-state index contributed by atoms with van der Waals surface area (Å²) < 4.78 is 50.7. The van der Waals surface area contributed by atoms with E-state index in [9.17, 15) is 22.8 Å². The second kappa shape index (κ2) is 8.18. The molecule has 0 atom stereocenters. The van der Waals surface area contributed by atoms with Gasteiger partial charge >= 0.3 is 18.1 Å². The van der Waals surface area contributed by atoms with E-state index >= 15 is 0 Å². The van der Waals surface area contributed by atoms with Crippen LogP contribution < -0.4 is 9.47 Å². The molecule has 0 fully saturated rings. The highest BCUT2D eigenvalue weighted by Gasteiger charge is 2.41. The van der Waals surface area contributed by atoms with Gasteiger partial charge in [-0.15, -0.1) is 0 Å². The second-order valence-electron chi connectivity index (χ2n) is 4.71. The van der Waals surface area contributed by atoms with Crippen molar-refractivity contribution >= 4 is 11.9 Å². The van der Waals surface area contributed by atoms with Crippen LogP contribution in [0.3, 0.4) is 0 Å². The van der Waals surface area contributed by atoms with Gasteiger partial charge in [0.15, 0.2) is 0 Å². The minimum Gasteiger partial charge on any atom is -0.490 e. The zero-order valence-corrected chi connectivity index (χ0v) is 12.8. The first-order chi connectivity index (χ1) is 11.9. The van der Waals surface area contributed by atoms with Crippen molar-refractivity contribution in [3.05, 3.63) is 60.2 Å². The molecule has 0 aliphatic rings. The summed E-state index contributed by atoms with van der Waals surface area (Å²) in [7, 11) is 0. The first-order valence-corrected chi connectivity index (χ1v) is 7.10. The molecular weight excluding hydrogens is 341 g/mol. The van der Waals surface area contributed by atoms with E-state index in [4.69, 9.17) is 9.47 Å². The summed E-state index contributed by atoms with van der Waals surface area (Å²) >= 11 is 0. The molecule has 0 bridgehead atoms. The van der Waals surface area contributed by atoms with Crippen molar-refractivity contribution in [1.29, 1.82) is 0 Å². The number of halogens is 3. The van der Waals surface area contributed by atoms with Crippen molar-refractivity contribution in [3.8, 4) is 11.5 Å². The number of rotatable bonds is 6. The quantitative estimate of drug-likeness (QED) is 0.452. The molecule has 0 aliphatic carbocycles. The van der Waals surface area contributed by atoms with E-state index < -0.39 is 18.1 Å². The first kappa shape index (κ1) is 18.3. The highest BCUT2D eigenvalue weighted by atomic mass is 19.4. The lowest BCUT2D eigenvalue weighted by Gasteiger charge is -2.08. The molecule has 0 saturated carbocycles. The summed E-state index contributed by atoms with van der Waals surface area (Å²) in [5.74, 6) is -2.70. The van der Waals surface area contributed by atoms with Crippen LogP contribution in [0.15, 0.2) is 54.6 Å². The molecule has 5 nitrogen and oxygen atoms in total. The highest BCUT2D eigenvalue weighted by Crippen LogP contribution is 2.20. The predicted molar refractivity (Wildman–Crippen MR) is 80.4 cm³/mol. The number of carbonyl (C=O) groups is 2. The molecule has 132 valence electrons.